The summed E-state index contributed by atoms with van der Waals surface area (Å²) in [7, 11) is 3.83. The molecule has 0 saturated heterocycles. The number of nitrogens with one attached hydrogen (secondary N) is 1. The predicted octanol–water partition coefficient (Wildman–Crippen LogP) is 0.716. The maximum atomic E-state index is 11.1. The van der Waals surface area contributed by atoms with Crippen LogP contribution in [0, 0.1) is 0 Å². The molecule has 0 unspecified atom stereocenters. The average Bonchev–Trinajstić information content (AvgIpc) is 2.78. The zero-order valence-electron chi connectivity index (χ0n) is 10.6. The second-order valence-electron chi connectivity index (χ2n) is 4.83. The Labute approximate surface area is 98.6 Å². The maximum absolute atomic E-state index is 11.1. The molecule has 0 heterocycles. The zero-order chi connectivity index (χ0) is 12.0. The molecule has 0 atom stereocenters. The lowest BCUT2D eigenvalue weighted by atomic mass is 9.95. The van der Waals surface area contributed by atoms with E-state index >= 15 is 0 Å². The molecule has 0 radical (unpaired) electrons. The standard InChI is InChI=1S/C12H25N3O/c1-14-11(16)6-5-9-15(2)12(10-13)7-3-4-8-12/h3-10,13H2,1-2H3,(H,14,16). The van der Waals surface area contributed by atoms with Gasteiger partial charge in [-0.25, -0.2) is 0 Å². The van der Waals surface area contributed by atoms with Gasteiger partial charge < -0.3 is 11.1 Å². The lowest BCUT2D eigenvalue weighted by molar-refractivity contribution is -0.120. The van der Waals surface area contributed by atoms with Crippen LogP contribution in [0.3, 0.4) is 0 Å². The smallest absolute Gasteiger partial charge is 0.219 e. The van der Waals surface area contributed by atoms with Crippen molar-refractivity contribution >= 4 is 5.91 Å². The van der Waals surface area contributed by atoms with Gasteiger partial charge in [-0.05, 0) is 32.9 Å². The van der Waals surface area contributed by atoms with Crippen molar-refractivity contribution in [2.75, 3.05) is 27.2 Å². The molecular weight excluding hydrogens is 202 g/mol. The summed E-state index contributed by atoms with van der Waals surface area (Å²) in [5.74, 6) is 0.127. The molecule has 0 spiro atoms. The summed E-state index contributed by atoms with van der Waals surface area (Å²) in [6, 6.07) is 0. The number of rotatable bonds is 6. The number of likely N-dealkylation sites (N-methyl/N-ethyl adjacent to an activating group) is 1. The second-order valence-corrected chi connectivity index (χ2v) is 4.83. The van der Waals surface area contributed by atoms with E-state index in [9.17, 15) is 4.79 Å². The van der Waals surface area contributed by atoms with Crippen molar-refractivity contribution in [2.24, 2.45) is 5.73 Å². The summed E-state index contributed by atoms with van der Waals surface area (Å²) in [4.78, 5) is 13.5. The molecule has 16 heavy (non-hydrogen) atoms. The molecular formula is C12H25N3O. The van der Waals surface area contributed by atoms with Crippen LogP contribution in [0.1, 0.15) is 38.5 Å². The SMILES string of the molecule is CNC(=O)CCCN(C)C1(CN)CCCC1. The minimum Gasteiger partial charge on any atom is -0.359 e. The fourth-order valence-electron chi connectivity index (χ4n) is 2.61. The highest BCUT2D eigenvalue weighted by atomic mass is 16.1. The van der Waals surface area contributed by atoms with Crippen LogP contribution < -0.4 is 11.1 Å². The van der Waals surface area contributed by atoms with Crippen molar-refractivity contribution in [1.82, 2.24) is 10.2 Å². The molecule has 1 fully saturated rings. The first-order valence-electron chi connectivity index (χ1n) is 6.26. The highest BCUT2D eigenvalue weighted by Gasteiger charge is 2.35. The molecule has 0 bridgehead atoms. The van der Waals surface area contributed by atoms with Gasteiger partial charge >= 0.3 is 0 Å². The van der Waals surface area contributed by atoms with Gasteiger partial charge in [-0.2, -0.15) is 0 Å². The van der Waals surface area contributed by atoms with Crippen LogP contribution >= 0.6 is 0 Å². The van der Waals surface area contributed by atoms with Gasteiger partial charge in [-0.15, -0.1) is 0 Å². The van der Waals surface area contributed by atoms with Gasteiger partial charge in [0.1, 0.15) is 0 Å². The molecule has 4 heteroatoms. The minimum atomic E-state index is 0.127. The van der Waals surface area contributed by atoms with Gasteiger partial charge in [-0.3, -0.25) is 9.69 Å². The number of nitrogens with two attached hydrogens (primary N) is 1. The molecule has 94 valence electrons. The van der Waals surface area contributed by atoms with Crippen LogP contribution in [0.2, 0.25) is 0 Å². The number of nitrogens with zero attached hydrogens (tertiary/aromatic N) is 1. The molecule has 4 nitrogen and oxygen atoms in total. The van der Waals surface area contributed by atoms with Crippen molar-refractivity contribution in [1.29, 1.82) is 0 Å². The largest absolute Gasteiger partial charge is 0.359 e. The maximum Gasteiger partial charge on any atom is 0.219 e. The predicted molar refractivity (Wildman–Crippen MR) is 66.2 cm³/mol. The van der Waals surface area contributed by atoms with Crippen molar-refractivity contribution in [3.8, 4) is 0 Å². The van der Waals surface area contributed by atoms with E-state index in [0.29, 0.717) is 6.42 Å². The van der Waals surface area contributed by atoms with E-state index in [-0.39, 0.29) is 11.4 Å². The van der Waals surface area contributed by atoms with Gasteiger partial charge in [0.2, 0.25) is 5.91 Å². The van der Waals surface area contributed by atoms with Crippen molar-refractivity contribution in [3.05, 3.63) is 0 Å². The lowest BCUT2D eigenvalue weighted by Crippen LogP contribution is -2.50. The van der Waals surface area contributed by atoms with Gasteiger partial charge in [0.15, 0.2) is 0 Å². The molecule has 1 aliphatic rings. The fourth-order valence-corrected chi connectivity index (χ4v) is 2.61. The van der Waals surface area contributed by atoms with Gasteiger partial charge in [0.05, 0.1) is 0 Å². The highest BCUT2D eigenvalue weighted by molar-refractivity contribution is 5.75. The molecule has 3 N–H and O–H groups in total. The van der Waals surface area contributed by atoms with E-state index in [4.69, 9.17) is 5.73 Å². The van der Waals surface area contributed by atoms with E-state index in [0.717, 1.165) is 19.5 Å². The summed E-state index contributed by atoms with van der Waals surface area (Å²) in [5.41, 5.74) is 6.12. The van der Waals surface area contributed by atoms with E-state index in [2.05, 4.69) is 17.3 Å². The van der Waals surface area contributed by atoms with Crippen LogP contribution in [0.25, 0.3) is 0 Å². The molecule has 1 amide bonds. The third-order valence-corrected chi connectivity index (χ3v) is 3.90. The normalized spacial score (nSPS) is 19.0. The zero-order valence-corrected chi connectivity index (χ0v) is 10.6. The summed E-state index contributed by atoms with van der Waals surface area (Å²) < 4.78 is 0. The first-order valence-corrected chi connectivity index (χ1v) is 6.26. The Morgan fingerprint density at radius 1 is 1.44 bits per heavy atom. The molecule has 1 rings (SSSR count). The third kappa shape index (κ3) is 3.19. The van der Waals surface area contributed by atoms with Crippen LogP contribution in [-0.2, 0) is 4.79 Å². The Morgan fingerprint density at radius 3 is 2.56 bits per heavy atom. The summed E-state index contributed by atoms with van der Waals surface area (Å²) in [6.07, 6.45) is 6.52. The van der Waals surface area contributed by atoms with Crippen LogP contribution in [0.4, 0.5) is 0 Å². The van der Waals surface area contributed by atoms with Crippen LogP contribution in [0.15, 0.2) is 0 Å². The Bertz CT molecular complexity index is 224. The first kappa shape index (κ1) is 13.5. The quantitative estimate of drug-likeness (QED) is 0.703. The average molecular weight is 227 g/mol. The van der Waals surface area contributed by atoms with E-state index in [1.807, 2.05) is 0 Å². The Hall–Kier alpha value is -0.610. The topological polar surface area (TPSA) is 58.4 Å². The number of carbonyl (C=O) groups is 1. The molecule has 0 aromatic rings. The summed E-state index contributed by atoms with van der Waals surface area (Å²) in [6.45, 7) is 1.70. The van der Waals surface area contributed by atoms with Crippen LogP contribution in [0.5, 0.6) is 0 Å². The first-order chi connectivity index (χ1) is 7.64. The van der Waals surface area contributed by atoms with E-state index in [1.165, 1.54) is 25.7 Å². The highest BCUT2D eigenvalue weighted by Crippen LogP contribution is 2.33. The molecule has 0 aromatic carbocycles. The van der Waals surface area contributed by atoms with Crippen LogP contribution in [-0.4, -0.2) is 43.5 Å². The number of hydrogen-bond donors (Lipinski definition) is 2. The Balaban J connectivity index is 2.33. The van der Waals surface area contributed by atoms with Gasteiger partial charge in [-0.1, -0.05) is 12.8 Å². The van der Waals surface area contributed by atoms with E-state index in [1.54, 1.807) is 7.05 Å². The monoisotopic (exact) mass is 227 g/mol. The third-order valence-electron chi connectivity index (χ3n) is 3.90. The lowest BCUT2D eigenvalue weighted by Gasteiger charge is -2.38. The number of hydrogen-bond acceptors (Lipinski definition) is 3. The van der Waals surface area contributed by atoms with Crippen molar-refractivity contribution in [2.45, 2.75) is 44.1 Å². The van der Waals surface area contributed by atoms with Crippen molar-refractivity contribution in [3.63, 3.8) is 0 Å². The molecule has 0 aromatic heterocycles. The number of amides is 1. The summed E-state index contributed by atoms with van der Waals surface area (Å²) in [5, 5.41) is 2.65. The molecule has 1 aliphatic carbocycles. The Kier molecular flexibility index (Phi) is 5.22. The Morgan fingerprint density at radius 2 is 2.06 bits per heavy atom. The van der Waals surface area contributed by atoms with E-state index < -0.39 is 0 Å². The van der Waals surface area contributed by atoms with Crippen molar-refractivity contribution < 1.29 is 4.79 Å². The van der Waals surface area contributed by atoms with Gasteiger partial charge in [0, 0.05) is 25.6 Å². The number of carbonyl (C=O) groups excluding carboxylic acids is 1. The molecule has 0 aliphatic heterocycles. The van der Waals surface area contributed by atoms with Gasteiger partial charge in [0.25, 0.3) is 0 Å². The minimum absolute atomic E-state index is 0.127. The summed E-state index contributed by atoms with van der Waals surface area (Å²) >= 11 is 0. The fraction of sp³-hybridized carbons (Fsp3) is 0.917. The second kappa shape index (κ2) is 6.21. The molecule has 1 saturated carbocycles.